The number of aromatic nitrogens is 2. The molecule has 1 saturated carbocycles. The summed E-state index contributed by atoms with van der Waals surface area (Å²) in [7, 11) is 0. The van der Waals surface area contributed by atoms with Crippen LogP contribution in [0.4, 0.5) is 0 Å². The molecule has 3 heteroatoms. The zero-order chi connectivity index (χ0) is 10.2. The van der Waals surface area contributed by atoms with Crippen molar-refractivity contribution in [3.05, 3.63) is 18.0 Å². The van der Waals surface area contributed by atoms with Crippen molar-refractivity contribution < 1.29 is 0 Å². The molecule has 1 aromatic rings. The third-order valence-electron chi connectivity index (χ3n) is 2.16. The standard InChI is InChI=1S/C7H7N2.C4H9.Sn/c1-2-6(1)7-3-4-8-5-9-7;1-4(2)3;/h3-4,6H,1-2H2;1-3H3;. The van der Waals surface area contributed by atoms with Crippen molar-refractivity contribution in [2.24, 2.45) is 0 Å². The maximum absolute atomic E-state index is 4.68. The van der Waals surface area contributed by atoms with Gasteiger partial charge in [0.2, 0.25) is 0 Å². The van der Waals surface area contributed by atoms with Crippen LogP contribution in [-0.4, -0.2) is 31.1 Å². The van der Waals surface area contributed by atoms with Crippen LogP contribution in [0.5, 0.6) is 0 Å². The Morgan fingerprint density at radius 1 is 1.36 bits per heavy atom. The van der Waals surface area contributed by atoms with Crippen LogP contribution in [0.2, 0.25) is 3.43 Å². The fraction of sp³-hybridized carbons (Fsp3) is 0.636. The Morgan fingerprint density at radius 3 is 2.64 bits per heavy atom. The van der Waals surface area contributed by atoms with E-state index in [-0.39, 0.29) is 0 Å². The first kappa shape index (κ1) is 10.4. The summed E-state index contributed by atoms with van der Waals surface area (Å²) in [5, 5.41) is 0. The fourth-order valence-corrected chi connectivity index (χ4v) is 4.21. The monoisotopic (exact) mass is 296 g/mol. The number of hydrogen-bond donors (Lipinski definition) is 0. The van der Waals surface area contributed by atoms with Crippen LogP contribution < -0.4 is 3.84 Å². The van der Waals surface area contributed by atoms with Crippen molar-refractivity contribution >= 4 is 25.0 Å². The maximum atomic E-state index is 4.68. The number of rotatable bonds is 2. The van der Waals surface area contributed by atoms with E-state index in [0.717, 1.165) is 5.92 Å². The second-order valence-corrected chi connectivity index (χ2v) is 11.2. The van der Waals surface area contributed by atoms with Gasteiger partial charge in [0.15, 0.2) is 0 Å². The zero-order valence-corrected chi connectivity index (χ0v) is 11.9. The van der Waals surface area contributed by atoms with Gasteiger partial charge in [-0.25, -0.2) is 0 Å². The van der Waals surface area contributed by atoms with Crippen molar-refractivity contribution in [1.29, 1.82) is 0 Å². The molecule has 0 saturated heterocycles. The fourth-order valence-electron chi connectivity index (χ4n) is 1.37. The van der Waals surface area contributed by atoms with E-state index in [2.05, 4.69) is 36.8 Å². The summed E-state index contributed by atoms with van der Waals surface area (Å²) in [6.45, 7) is 6.89. The van der Waals surface area contributed by atoms with Crippen LogP contribution in [0.3, 0.4) is 0 Å². The number of nitrogens with zero attached hydrogens (tertiary/aromatic N) is 2. The summed E-state index contributed by atoms with van der Waals surface area (Å²) in [5.41, 5.74) is 1.29. The predicted molar refractivity (Wildman–Crippen MR) is 59.1 cm³/mol. The first-order valence-electron chi connectivity index (χ1n) is 5.16. The molecule has 0 aliphatic heterocycles. The molecule has 2 rings (SSSR count). The Balaban J connectivity index is 2.13. The number of hydrogen-bond acceptors (Lipinski definition) is 2. The first-order valence-corrected chi connectivity index (χ1v) is 8.01. The molecule has 1 aliphatic carbocycles. The van der Waals surface area contributed by atoms with E-state index in [1.807, 2.05) is 6.20 Å². The van der Waals surface area contributed by atoms with E-state index in [1.165, 1.54) is 22.4 Å². The molecule has 1 heterocycles. The van der Waals surface area contributed by atoms with E-state index >= 15 is 0 Å². The molecule has 0 N–H and O–H groups in total. The molecule has 0 atom stereocenters. The van der Waals surface area contributed by atoms with Crippen molar-refractivity contribution in [2.75, 3.05) is 0 Å². The minimum atomic E-state index is -0.609. The molecule has 0 unspecified atom stereocenters. The molecule has 0 amide bonds. The summed E-state index contributed by atoms with van der Waals surface area (Å²) >= 11 is -0.609. The predicted octanol–water partition coefficient (Wildman–Crippen LogP) is 1.90. The minimum absolute atomic E-state index is 0.450. The summed E-state index contributed by atoms with van der Waals surface area (Å²) in [5.74, 6) is 0.760. The second-order valence-electron chi connectivity index (χ2n) is 4.95. The van der Waals surface area contributed by atoms with Gasteiger partial charge < -0.3 is 0 Å². The molecule has 0 spiro atoms. The molecule has 1 aliphatic rings. The van der Waals surface area contributed by atoms with E-state index in [1.54, 1.807) is 0 Å². The summed E-state index contributed by atoms with van der Waals surface area (Å²) in [6, 6.07) is 2.09. The van der Waals surface area contributed by atoms with Gasteiger partial charge in [-0.05, 0) is 0 Å². The van der Waals surface area contributed by atoms with Gasteiger partial charge in [0.05, 0.1) is 0 Å². The Labute approximate surface area is 95.8 Å². The summed E-state index contributed by atoms with van der Waals surface area (Å²) in [6.07, 6.45) is 4.61. The van der Waals surface area contributed by atoms with Crippen molar-refractivity contribution in [1.82, 2.24) is 9.97 Å². The van der Waals surface area contributed by atoms with Gasteiger partial charge >= 0.3 is 95.9 Å². The van der Waals surface area contributed by atoms with Crippen LogP contribution in [0.15, 0.2) is 12.3 Å². The molecule has 14 heavy (non-hydrogen) atoms. The Bertz CT molecular complexity index is 326. The quantitative estimate of drug-likeness (QED) is 0.779. The average molecular weight is 295 g/mol. The molecule has 0 bridgehead atoms. The van der Waals surface area contributed by atoms with Gasteiger partial charge in [-0.1, -0.05) is 0 Å². The molecule has 2 nitrogen and oxygen atoms in total. The summed E-state index contributed by atoms with van der Waals surface area (Å²) < 4.78 is 1.62. The van der Waals surface area contributed by atoms with Gasteiger partial charge in [0, 0.05) is 0 Å². The molecule has 2 radical (unpaired) electrons. The van der Waals surface area contributed by atoms with Crippen LogP contribution in [0, 0.1) is 0 Å². The van der Waals surface area contributed by atoms with E-state index in [9.17, 15) is 0 Å². The Hall–Kier alpha value is -0.121. The Morgan fingerprint density at radius 2 is 2.07 bits per heavy atom. The summed E-state index contributed by atoms with van der Waals surface area (Å²) in [4.78, 5) is 9.08. The van der Waals surface area contributed by atoms with Gasteiger partial charge in [0.25, 0.3) is 0 Å². The van der Waals surface area contributed by atoms with Crippen molar-refractivity contribution in [3.8, 4) is 0 Å². The van der Waals surface area contributed by atoms with Crippen LogP contribution in [0.1, 0.15) is 45.2 Å². The van der Waals surface area contributed by atoms with E-state index < -0.39 is 21.1 Å². The second kappa shape index (κ2) is 3.80. The molecule has 1 fully saturated rings. The molecular formula is C11H16N2Sn. The third-order valence-corrected chi connectivity index (χ3v) is 5.63. The molecule has 0 aromatic carbocycles. The zero-order valence-electron chi connectivity index (χ0n) is 9.04. The average Bonchev–Trinajstić information content (AvgIpc) is 2.83. The first-order chi connectivity index (χ1) is 6.54. The van der Waals surface area contributed by atoms with Crippen LogP contribution in [-0.2, 0) is 0 Å². The topological polar surface area (TPSA) is 25.8 Å². The molecular weight excluding hydrogens is 279 g/mol. The van der Waals surface area contributed by atoms with Gasteiger partial charge in [0.1, 0.15) is 0 Å². The van der Waals surface area contributed by atoms with Gasteiger partial charge in [-0.15, -0.1) is 0 Å². The molecule has 74 valence electrons. The van der Waals surface area contributed by atoms with E-state index in [4.69, 9.17) is 0 Å². The Kier molecular flexibility index (Phi) is 2.82. The van der Waals surface area contributed by atoms with Gasteiger partial charge in [-0.3, -0.25) is 0 Å². The van der Waals surface area contributed by atoms with Crippen LogP contribution in [0.25, 0.3) is 0 Å². The molecule has 1 aromatic heterocycles. The van der Waals surface area contributed by atoms with Crippen molar-refractivity contribution in [3.63, 3.8) is 0 Å². The third kappa shape index (κ3) is 2.94. The van der Waals surface area contributed by atoms with Crippen molar-refractivity contribution in [2.45, 2.75) is 43.0 Å². The van der Waals surface area contributed by atoms with Crippen LogP contribution >= 0.6 is 0 Å². The normalized spacial score (nSPS) is 17.1. The van der Waals surface area contributed by atoms with Gasteiger partial charge in [-0.2, -0.15) is 0 Å². The van der Waals surface area contributed by atoms with E-state index in [0.29, 0.717) is 3.43 Å². The SMILES string of the molecule is C[C](C)(C)[Sn][c]1nccc(C2CC2)n1.